The van der Waals surface area contributed by atoms with Crippen molar-refractivity contribution in [2.45, 2.75) is 0 Å². The second-order valence-corrected chi connectivity index (χ2v) is 4.17. The Balaban J connectivity index is 2.31. The van der Waals surface area contributed by atoms with Crippen LogP contribution in [0.4, 0.5) is 5.69 Å². The Morgan fingerprint density at radius 1 is 0.810 bits per heavy atom. The lowest BCUT2D eigenvalue weighted by Crippen LogP contribution is -1.93. The molecular formula is C15H10N6. The molecule has 0 saturated carbocycles. The van der Waals surface area contributed by atoms with Gasteiger partial charge < -0.3 is 0 Å². The average molecular weight is 274 g/mol. The molecule has 0 saturated heterocycles. The summed E-state index contributed by atoms with van der Waals surface area (Å²) in [7, 11) is 0. The van der Waals surface area contributed by atoms with E-state index in [1.807, 2.05) is 36.4 Å². The second kappa shape index (κ2) is 5.81. The quantitative estimate of drug-likeness (QED) is 0.408. The van der Waals surface area contributed by atoms with Gasteiger partial charge in [0, 0.05) is 29.1 Å². The molecule has 0 N–H and O–H groups in total. The van der Waals surface area contributed by atoms with Crippen LogP contribution in [-0.2, 0) is 0 Å². The van der Waals surface area contributed by atoms with Gasteiger partial charge in [0.1, 0.15) is 0 Å². The summed E-state index contributed by atoms with van der Waals surface area (Å²) >= 11 is 0. The maximum absolute atomic E-state index is 8.75. The zero-order valence-corrected chi connectivity index (χ0v) is 11.0. The Labute approximate surface area is 120 Å². The molecule has 0 radical (unpaired) electrons. The van der Waals surface area contributed by atoms with Gasteiger partial charge in [0.15, 0.2) is 0 Å². The number of rotatable bonds is 3. The fourth-order valence-electron chi connectivity index (χ4n) is 2.04. The predicted molar refractivity (Wildman–Crippen MR) is 79.5 cm³/mol. The van der Waals surface area contributed by atoms with Gasteiger partial charge in [0.05, 0.1) is 22.8 Å². The molecule has 6 heteroatoms. The molecule has 0 aliphatic carbocycles. The van der Waals surface area contributed by atoms with E-state index in [1.165, 1.54) is 0 Å². The van der Waals surface area contributed by atoms with Crippen LogP contribution in [0.2, 0.25) is 0 Å². The van der Waals surface area contributed by atoms with Crippen LogP contribution in [0.3, 0.4) is 0 Å². The van der Waals surface area contributed by atoms with Crippen molar-refractivity contribution in [2.75, 3.05) is 0 Å². The first-order valence-corrected chi connectivity index (χ1v) is 6.27. The fraction of sp³-hybridized carbons (Fsp3) is 0. The highest BCUT2D eigenvalue weighted by Gasteiger charge is 2.14. The summed E-state index contributed by atoms with van der Waals surface area (Å²) < 4.78 is 0. The van der Waals surface area contributed by atoms with Crippen LogP contribution in [-0.4, -0.2) is 15.0 Å². The van der Waals surface area contributed by atoms with E-state index in [9.17, 15) is 0 Å². The standard InChI is InChI=1S/C15H10N6/c16-21-20-12-7-10-19-15(13-6-2-4-9-18-13)14(12)11-5-1-3-8-17-11/h1-10H. The van der Waals surface area contributed by atoms with Crippen molar-refractivity contribution in [3.63, 3.8) is 0 Å². The number of hydrogen-bond acceptors (Lipinski definition) is 4. The average Bonchev–Trinajstić information content (AvgIpc) is 2.56. The second-order valence-electron chi connectivity index (χ2n) is 4.17. The zero-order valence-electron chi connectivity index (χ0n) is 11.0. The molecule has 3 aromatic heterocycles. The Bertz CT molecular complexity index is 795. The molecule has 0 fully saturated rings. The molecule has 3 rings (SSSR count). The van der Waals surface area contributed by atoms with E-state index in [0.29, 0.717) is 28.3 Å². The number of nitrogens with zero attached hydrogens (tertiary/aromatic N) is 6. The number of aromatic nitrogens is 3. The Morgan fingerprint density at radius 3 is 2.14 bits per heavy atom. The molecule has 0 aromatic carbocycles. The minimum Gasteiger partial charge on any atom is -0.256 e. The van der Waals surface area contributed by atoms with Gasteiger partial charge in [-0.15, -0.1) is 0 Å². The Hall–Kier alpha value is -3.24. The van der Waals surface area contributed by atoms with Gasteiger partial charge in [-0.1, -0.05) is 17.2 Å². The summed E-state index contributed by atoms with van der Waals surface area (Å²) in [6, 6.07) is 12.8. The summed E-state index contributed by atoms with van der Waals surface area (Å²) in [5, 5.41) is 3.74. The largest absolute Gasteiger partial charge is 0.256 e. The van der Waals surface area contributed by atoms with Crippen molar-refractivity contribution in [1.29, 1.82) is 0 Å². The van der Waals surface area contributed by atoms with Crippen molar-refractivity contribution in [2.24, 2.45) is 5.11 Å². The van der Waals surface area contributed by atoms with E-state index in [1.54, 1.807) is 24.7 Å². The maximum atomic E-state index is 8.75. The first kappa shape index (κ1) is 12.8. The van der Waals surface area contributed by atoms with Crippen LogP contribution < -0.4 is 0 Å². The minimum absolute atomic E-state index is 0.479. The third-order valence-corrected chi connectivity index (χ3v) is 2.91. The summed E-state index contributed by atoms with van der Waals surface area (Å²) in [5.74, 6) is 0. The van der Waals surface area contributed by atoms with Crippen LogP contribution in [0, 0.1) is 0 Å². The van der Waals surface area contributed by atoms with Gasteiger partial charge in [-0.25, -0.2) is 0 Å². The van der Waals surface area contributed by atoms with E-state index >= 15 is 0 Å². The summed E-state index contributed by atoms with van der Waals surface area (Å²) in [6.07, 6.45) is 4.98. The lowest BCUT2D eigenvalue weighted by atomic mass is 10.0. The lowest BCUT2D eigenvalue weighted by Gasteiger charge is -2.10. The summed E-state index contributed by atoms with van der Waals surface area (Å²) in [6.45, 7) is 0. The highest BCUT2D eigenvalue weighted by atomic mass is 15.1. The monoisotopic (exact) mass is 274 g/mol. The van der Waals surface area contributed by atoms with Gasteiger partial charge in [-0.05, 0) is 35.9 Å². The first-order chi connectivity index (χ1) is 10.4. The summed E-state index contributed by atoms with van der Waals surface area (Å²) in [4.78, 5) is 15.9. The van der Waals surface area contributed by atoms with Crippen LogP contribution >= 0.6 is 0 Å². The van der Waals surface area contributed by atoms with Crippen LogP contribution in [0.15, 0.2) is 66.2 Å². The zero-order chi connectivity index (χ0) is 14.5. The van der Waals surface area contributed by atoms with Crippen LogP contribution in [0.5, 0.6) is 0 Å². The molecule has 3 aromatic rings. The molecular weight excluding hydrogens is 264 g/mol. The fourth-order valence-corrected chi connectivity index (χ4v) is 2.04. The Kier molecular flexibility index (Phi) is 3.54. The Morgan fingerprint density at radius 2 is 1.52 bits per heavy atom. The molecule has 3 heterocycles. The predicted octanol–water partition coefficient (Wildman–Crippen LogP) is 4.15. The van der Waals surface area contributed by atoms with Crippen molar-refractivity contribution in [3.05, 3.63) is 71.5 Å². The molecule has 0 aliphatic rings. The smallest absolute Gasteiger partial charge is 0.0984 e. The van der Waals surface area contributed by atoms with Crippen molar-refractivity contribution in [1.82, 2.24) is 15.0 Å². The lowest BCUT2D eigenvalue weighted by molar-refractivity contribution is 1.22. The molecule has 21 heavy (non-hydrogen) atoms. The highest BCUT2D eigenvalue weighted by Crippen LogP contribution is 2.35. The number of hydrogen-bond donors (Lipinski definition) is 0. The third-order valence-electron chi connectivity index (χ3n) is 2.91. The van der Waals surface area contributed by atoms with E-state index in [-0.39, 0.29) is 0 Å². The van der Waals surface area contributed by atoms with Gasteiger partial charge in [0.25, 0.3) is 0 Å². The maximum Gasteiger partial charge on any atom is 0.0984 e. The number of azide groups is 1. The van der Waals surface area contributed by atoms with Gasteiger partial charge in [-0.3, -0.25) is 15.0 Å². The van der Waals surface area contributed by atoms with Gasteiger partial charge in [-0.2, -0.15) is 0 Å². The number of pyridine rings is 3. The van der Waals surface area contributed by atoms with Crippen molar-refractivity contribution in [3.8, 4) is 22.6 Å². The molecule has 0 aliphatic heterocycles. The van der Waals surface area contributed by atoms with Gasteiger partial charge in [0.2, 0.25) is 0 Å². The molecule has 0 amide bonds. The van der Waals surface area contributed by atoms with E-state index in [0.717, 1.165) is 0 Å². The topological polar surface area (TPSA) is 87.4 Å². The van der Waals surface area contributed by atoms with Crippen molar-refractivity contribution < 1.29 is 0 Å². The van der Waals surface area contributed by atoms with Crippen LogP contribution in [0.1, 0.15) is 0 Å². The molecule has 6 nitrogen and oxygen atoms in total. The third kappa shape index (κ3) is 2.56. The SMILES string of the molecule is [N-]=[N+]=Nc1ccnc(-c2ccccn2)c1-c1ccccn1. The summed E-state index contributed by atoms with van der Waals surface area (Å²) in [5.41, 5.74) is 11.9. The van der Waals surface area contributed by atoms with Crippen LogP contribution in [0.25, 0.3) is 33.1 Å². The molecule has 100 valence electrons. The van der Waals surface area contributed by atoms with E-state index in [4.69, 9.17) is 5.53 Å². The molecule has 0 spiro atoms. The van der Waals surface area contributed by atoms with E-state index in [2.05, 4.69) is 25.0 Å². The highest BCUT2D eigenvalue weighted by molar-refractivity contribution is 5.85. The first-order valence-electron chi connectivity index (χ1n) is 6.27. The molecule has 0 bridgehead atoms. The van der Waals surface area contributed by atoms with E-state index < -0.39 is 0 Å². The normalized spacial score (nSPS) is 9.90. The molecule has 0 unspecified atom stereocenters. The van der Waals surface area contributed by atoms with Crippen molar-refractivity contribution >= 4 is 5.69 Å². The molecule has 0 atom stereocenters. The van der Waals surface area contributed by atoms with Gasteiger partial charge >= 0.3 is 0 Å². The minimum atomic E-state index is 0.479.